The van der Waals surface area contributed by atoms with Crippen molar-refractivity contribution >= 4 is 17.5 Å². The van der Waals surface area contributed by atoms with E-state index in [0.29, 0.717) is 0 Å². The van der Waals surface area contributed by atoms with Crippen LogP contribution >= 0.6 is 0 Å². The second-order valence-corrected chi connectivity index (χ2v) is 8.11. The molecule has 2 atom stereocenters. The maximum atomic E-state index is 13.4. The van der Waals surface area contributed by atoms with Crippen molar-refractivity contribution in [1.82, 2.24) is 4.90 Å². The monoisotopic (exact) mass is 354 g/mol. The van der Waals surface area contributed by atoms with Crippen molar-refractivity contribution in [2.24, 2.45) is 11.8 Å². The number of hydrogen-bond donors (Lipinski definition) is 0. The summed E-state index contributed by atoms with van der Waals surface area (Å²) in [6.45, 7) is 2.52. The molecule has 1 aromatic carbocycles. The first-order chi connectivity index (χ1) is 12.8. The third-order valence-electron chi connectivity index (χ3n) is 6.47. The minimum atomic E-state index is -0.134. The fourth-order valence-corrected chi connectivity index (χ4v) is 5.01. The molecule has 1 saturated carbocycles. The Kier molecular flexibility index (Phi) is 5.28. The first-order valence-corrected chi connectivity index (χ1v) is 10.4. The van der Waals surface area contributed by atoms with Gasteiger partial charge in [0.1, 0.15) is 0 Å². The Morgan fingerprint density at radius 1 is 0.769 bits per heavy atom. The van der Waals surface area contributed by atoms with Gasteiger partial charge in [0, 0.05) is 31.2 Å². The van der Waals surface area contributed by atoms with E-state index in [2.05, 4.69) is 17.0 Å². The van der Waals surface area contributed by atoms with Crippen LogP contribution in [0.5, 0.6) is 0 Å². The van der Waals surface area contributed by atoms with Crippen molar-refractivity contribution in [1.29, 1.82) is 0 Å². The Morgan fingerprint density at radius 3 is 2.15 bits per heavy atom. The van der Waals surface area contributed by atoms with Crippen LogP contribution in [0.1, 0.15) is 56.9 Å². The molecule has 2 fully saturated rings. The van der Waals surface area contributed by atoms with E-state index in [1.54, 1.807) is 0 Å². The van der Waals surface area contributed by atoms with E-state index in [4.69, 9.17) is 0 Å². The number of benzene rings is 1. The standard InChI is InChI=1S/C22H30N2O2/c25-21(23-14-7-1-2-8-15-23)18-10-4-5-11-19(18)22(26)24-16-13-17-9-3-6-12-20(17)24/h3,6,9,12,18-19H,1-2,4-5,7-8,10-11,13-16H2/t18-,19-/m0/s1. The molecule has 2 heterocycles. The molecule has 0 N–H and O–H groups in total. The van der Waals surface area contributed by atoms with Crippen LogP contribution in [0, 0.1) is 11.8 Å². The Labute approximate surface area is 156 Å². The normalized spacial score (nSPS) is 26.3. The molecule has 2 amide bonds. The van der Waals surface area contributed by atoms with Gasteiger partial charge < -0.3 is 9.80 Å². The average Bonchev–Trinajstić information content (AvgIpc) is 2.93. The van der Waals surface area contributed by atoms with Crippen molar-refractivity contribution < 1.29 is 9.59 Å². The van der Waals surface area contributed by atoms with Gasteiger partial charge in [-0.3, -0.25) is 9.59 Å². The number of rotatable bonds is 2. The zero-order valence-corrected chi connectivity index (χ0v) is 15.7. The predicted molar refractivity (Wildman–Crippen MR) is 103 cm³/mol. The van der Waals surface area contributed by atoms with Gasteiger partial charge in [0.2, 0.25) is 11.8 Å². The van der Waals surface area contributed by atoms with Crippen LogP contribution in [0.15, 0.2) is 24.3 Å². The lowest BCUT2D eigenvalue weighted by molar-refractivity contribution is -0.142. The summed E-state index contributed by atoms with van der Waals surface area (Å²) >= 11 is 0. The molecule has 4 rings (SSSR count). The quantitative estimate of drug-likeness (QED) is 0.811. The smallest absolute Gasteiger partial charge is 0.230 e. The number of carbonyl (C=O) groups is 2. The van der Waals surface area contributed by atoms with E-state index >= 15 is 0 Å². The number of carbonyl (C=O) groups excluding carboxylic acids is 2. The number of amides is 2. The Balaban J connectivity index is 1.52. The third-order valence-corrected chi connectivity index (χ3v) is 6.47. The minimum Gasteiger partial charge on any atom is -0.342 e. The van der Waals surface area contributed by atoms with Gasteiger partial charge in [-0.25, -0.2) is 0 Å². The zero-order chi connectivity index (χ0) is 17.9. The molecule has 4 heteroatoms. The fraction of sp³-hybridized carbons (Fsp3) is 0.636. The van der Waals surface area contributed by atoms with Crippen molar-refractivity contribution in [3.05, 3.63) is 29.8 Å². The molecule has 0 spiro atoms. The second kappa shape index (κ2) is 7.81. The van der Waals surface area contributed by atoms with Crippen LogP contribution in [0.3, 0.4) is 0 Å². The molecule has 0 radical (unpaired) electrons. The lowest BCUT2D eigenvalue weighted by atomic mass is 9.77. The Bertz CT molecular complexity index is 664. The van der Waals surface area contributed by atoms with E-state index in [-0.39, 0.29) is 23.7 Å². The molecule has 26 heavy (non-hydrogen) atoms. The van der Waals surface area contributed by atoms with Gasteiger partial charge in [-0.1, -0.05) is 43.9 Å². The van der Waals surface area contributed by atoms with E-state index in [1.165, 1.54) is 18.4 Å². The van der Waals surface area contributed by atoms with E-state index < -0.39 is 0 Å². The van der Waals surface area contributed by atoms with Gasteiger partial charge >= 0.3 is 0 Å². The van der Waals surface area contributed by atoms with E-state index in [9.17, 15) is 9.59 Å². The molecule has 2 aliphatic heterocycles. The summed E-state index contributed by atoms with van der Waals surface area (Å²) in [6.07, 6.45) is 9.47. The molecule has 0 aromatic heterocycles. The molecule has 1 aliphatic carbocycles. The third kappa shape index (κ3) is 3.38. The molecule has 4 nitrogen and oxygen atoms in total. The van der Waals surface area contributed by atoms with Gasteiger partial charge in [-0.05, 0) is 43.7 Å². The van der Waals surface area contributed by atoms with Crippen LogP contribution < -0.4 is 4.90 Å². The number of fused-ring (bicyclic) bond motifs is 1. The molecule has 1 aromatic rings. The molecule has 1 saturated heterocycles. The summed E-state index contributed by atoms with van der Waals surface area (Å²) in [7, 11) is 0. The van der Waals surface area contributed by atoms with Gasteiger partial charge in [0.15, 0.2) is 0 Å². The average molecular weight is 354 g/mol. The first-order valence-electron chi connectivity index (χ1n) is 10.4. The highest BCUT2D eigenvalue weighted by molar-refractivity contribution is 5.99. The maximum Gasteiger partial charge on any atom is 0.230 e. The van der Waals surface area contributed by atoms with Crippen molar-refractivity contribution in [3.8, 4) is 0 Å². The van der Waals surface area contributed by atoms with Crippen LogP contribution in [0.4, 0.5) is 5.69 Å². The number of likely N-dealkylation sites (tertiary alicyclic amines) is 1. The second-order valence-electron chi connectivity index (χ2n) is 8.11. The van der Waals surface area contributed by atoms with Crippen molar-refractivity contribution in [2.45, 2.75) is 57.8 Å². The summed E-state index contributed by atoms with van der Waals surface area (Å²) in [5.74, 6) is 0.188. The SMILES string of the molecule is O=C([C@H]1CCCC[C@@H]1C(=O)N1CCc2ccccc21)N1CCCCCC1. The Hall–Kier alpha value is -1.84. The van der Waals surface area contributed by atoms with E-state index in [0.717, 1.165) is 70.3 Å². The lowest BCUT2D eigenvalue weighted by Crippen LogP contribution is -2.46. The summed E-state index contributed by atoms with van der Waals surface area (Å²) in [4.78, 5) is 30.6. The molecule has 0 bridgehead atoms. The van der Waals surface area contributed by atoms with Gasteiger partial charge in [-0.15, -0.1) is 0 Å². The number of anilines is 1. The summed E-state index contributed by atoms with van der Waals surface area (Å²) in [5.41, 5.74) is 2.32. The molecular formula is C22H30N2O2. The van der Waals surface area contributed by atoms with Gasteiger partial charge in [0.25, 0.3) is 0 Å². The lowest BCUT2D eigenvalue weighted by Gasteiger charge is -2.35. The van der Waals surface area contributed by atoms with Crippen molar-refractivity contribution in [2.75, 3.05) is 24.5 Å². The first kappa shape index (κ1) is 17.6. The van der Waals surface area contributed by atoms with Crippen LogP contribution in [0.25, 0.3) is 0 Å². The van der Waals surface area contributed by atoms with Crippen LogP contribution in [0.2, 0.25) is 0 Å². The minimum absolute atomic E-state index is 0.109. The molecule has 0 unspecified atom stereocenters. The highest BCUT2D eigenvalue weighted by Crippen LogP contribution is 2.36. The summed E-state index contributed by atoms with van der Waals surface area (Å²) in [5, 5.41) is 0. The highest BCUT2D eigenvalue weighted by Gasteiger charge is 2.41. The van der Waals surface area contributed by atoms with Gasteiger partial charge in [-0.2, -0.15) is 0 Å². The van der Waals surface area contributed by atoms with Gasteiger partial charge in [0.05, 0.1) is 5.92 Å². The predicted octanol–water partition coefficient (Wildman–Crippen LogP) is 3.78. The number of nitrogens with zero attached hydrogens (tertiary/aromatic N) is 2. The zero-order valence-electron chi connectivity index (χ0n) is 15.7. The highest BCUT2D eigenvalue weighted by atomic mass is 16.2. The number of hydrogen-bond acceptors (Lipinski definition) is 2. The summed E-state index contributed by atoms with van der Waals surface area (Å²) in [6, 6.07) is 8.21. The fourth-order valence-electron chi connectivity index (χ4n) is 5.01. The topological polar surface area (TPSA) is 40.6 Å². The maximum absolute atomic E-state index is 13.4. The largest absolute Gasteiger partial charge is 0.342 e. The number of para-hydroxylation sites is 1. The summed E-state index contributed by atoms with van der Waals surface area (Å²) < 4.78 is 0. The molecule has 140 valence electrons. The van der Waals surface area contributed by atoms with Crippen LogP contribution in [-0.2, 0) is 16.0 Å². The Morgan fingerprint density at radius 2 is 1.42 bits per heavy atom. The molecular weight excluding hydrogens is 324 g/mol. The molecule has 3 aliphatic rings. The van der Waals surface area contributed by atoms with Crippen molar-refractivity contribution in [3.63, 3.8) is 0 Å². The van der Waals surface area contributed by atoms with Crippen LogP contribution in [-0.4, -0.2) is 36.3 Å². The van der Waals surface area contributed by atoms with E-state index in [1.807, 2.05) is 17.0 Å².